The molecule has 1 fully saturated rings. The maximum atomic E-state index is 11.4. The van der Waals surface area contributed by atoms with Gasteiger partial charge in [-0.2, -0.15) is 0 Å². The molecular weight excluding hydrogens is 176 g/mol. The van der Waals surface area contributed by atoms with Crippen LogP contribution in [0.5, 0.6) is 0 Å². The van der Waals surface area contributed by atoms with E-state index in [4.69, 9.17) is 4.74 Å². The quantitative estimate of drug-likeness (QED) is 0.501. The zero-order chi connectivity index (χ0) is 10.6. The molecule has 0 bridgehead atoms. The molecule has 2 nitrogen and oxygen atoms in total. The molecule has 1 saturated carbocycles. The van der Waals surface area contributed by atoms with Gasteiger partial charge < -0.3 is 4.74 Å². The van der Waals surface area contributed by atoms with Gasteiger partial charge in [-0.15, -0.1) is 0 Å². The summed E-state index contributed by atoms with van der Waals surface area (Å²) in [6.07, 6.45) is 8.26. The van der Waals surface area contributed by atoms with E-state index in [1.165, 1.54) is 31.9 Å². The molecule has 0 saturated heterocycles. The number of hydrogen-bond acceptors (Lipinski definition) is 2. The highest BCUT2D eigenvalue weighted by Crippen LogP contribution is 2.29. The summed E-state index contributed by atoms with van der Waals surface area (Å²) in [5.41, 5.74) is 0.966. The van der Waals surface area contributed by atoms with E-state index in [9.17, 15) is 4.79 Å². The highest BCUT2D eigenvalue weighted by Gasteiger charge is 2.26. The zero-order valence-electron chi connectivity index (χ0n) is 9.43. The second-order valence-corrected chi connectivity index (χ2v) is 4.58. The van der Waals surface area contributed by atoms with E-state index < -0.39 is 5.41 Å². The van der Waals surface area contributed by atoms with Crippen LogP contribution in [0.25, 0.3) is 0 Å². The van der Waals surface area contributed by atoms with Crippen LogP contribution in [0.3, 0.4) is 0 Å². The van der Waals surface area contributed by atoms with Crippen LogP contribution in [0.15, 0.2) is 11.6 Å². The van der Waals surface area contributed by atoms with Crippen molar-refractivity contribution in [1.29, 1.82) is 0 Å². The van der Waals surface area contributed by atoms with Crippen LogP contribution in [0.4, 0.5) is 0 Å². The Hall–Kier alpha value is -0.790. The lowest BCUT2D eigenvalue weighted by Crippen LogP contribution is -2.23. The Morgan fingerprint density at radius 3 is 2.36 bits per heavy atom. The number of carbonyl (C=O) groups is 1. The van der Waals surface area contributed by atoms with Crippen molar-refractivity contribution in [3.63, 3.8) is 0 Å². The summed E-state index contributed by atoms with van der Waals surface area (Å²) in [5, 5.41) is 0. The molecule has 14 heavy (non-hydrogen) atoms. The van der Waals surface area contributed by atoms with E-state index in [-0.39, 0.29) is 5.97 Å². The Morgan fingerprint density at radius 1 is 1.29 bits per heavy atom. The molecule has 0 amide bonds. The first kappa shape index (κ1) is 11.3. The van der Waals surface area contributed by atoms with E-state index in [2.05, 4.69) is 6.08 Å². The predicted molar refractivity (Wildman–Crippen MR) is 57.0 cm³/mol. The topological polar surface area (TPSA) is 26.3 Å². The van der Waals surface area contributed by atoms with E-state index >= 15 is 0 Å². The first-order valence-electron chi connectivity index (χ1n) is 5.35. The fourth-order valence-electron chi connectivity index (χ4n) is 1.98. The van der Waals surface area contributed by atoms with Gasteiger partial charge in [0.25, 0.3) is 0 Å². The van der Waals surface area contributed by atoms with Gasteiger partial charge in [0.2, 0.25) is 0 Å². The maximum Gasteiger partial charge on any atom is 0.315 e. The van der Waals surface area contributed by atoms with Gasteiger partial charge in [-0.25, -0.2) is 0 Å². The summed E-state index contributed by atoms with van der Waals surface area (Å²) in [6, 6.07) is 0. The van der Waals surface area contributed by atoms with Crippen LogP contribution >= 0.6 is 0 Å². The minimum absolute atomic E-state index is 0.143. The fourth-order valence-corrected chi connectivity index (χ4v) is 1.98. The molecule has 0 aliphatic heterocycles. The Labute approximate surface area is 86.3 Å². The highest BCUT2D eigenvalue weighted by molar-refractivity contribution is 5.78. The summed E-state index contributed by atoms with van der Waals surface area (Å²) >= 11 is 0. The molecule has 0 heterocycles. The SMILES string of the molecule is COC(=O)C(C)(C)C=C1CCCCC1. The Bertz CT molecular complexity index is 231. The average molecular weight is 196 g/mol. The van der Waals surface area contributed by atoms with Crippen molar-refractivity contribution >= 4 is 5.97 Å². The maximum absolute atomic E-state index is 11.4. The number of ether oxygens (including phenoxy) is 1. The molecule has 0 spiro atoms. The second-order valence-electron chi connectivity index (χ2n) is 4.58. The van der Waals surface area contributed by atoms with Crippen molar-refractivity contribution in [3.05, 3.63) is 11.6 Å². The standard InChI is InChI=1S/C12H20O2/c1-12(2,11(13)14-3)9-10-7-5-4-6-8-10/h9H,4-8H2,1-3H3. The minimum Gasteiger partial charge on any atom is -0.468 e. The van der Waals surface area contributed by atoms with Gasteiger partial charge in [-0.05, 0) is 39.5 Å². The number of esters is 1. The molecule has 80 valence electrons. The van der Waals surface area contributed by atoms with Gasteiger partial charge in [-0.1, -0.05) is 18.1 Å². The Morgan fingerprint density at radius 2 is 1.86 bits per heavy atom. The monoisotopic (exact) mass is 196 g/mol. The average Bonchev–Trinajstić information content (AvgIpc) is 2.17. The first-order valence-corrected chi connectivity index (χ1v) is 5.35. The van der Waals surface area contributed by atoms with Crippen LogP contribution in [-0.2, 0) is 9.53 Å². The molecular formula is C12H20O2. The van der Waals surface area contributed by atoms with E-state index in [1.807, 2.05) is 13.8 Å². The second kappa shape index (κ2) is 4.63. The van der Waals surface area contributed by atoms with Gasteiger partial charge in [0.05, 0.1) is 12.5 Å². The number of allylic oxidation sites excluding steroid dienone is 1. The molecule has 1 rings (SSSR count). The van der Waals surface area contributed by atoms with Gasteiger partial charge in [0, 0.05) is 0 Å². The van der Waals surface area contributed by atoms with Crippen LogP contribution in [0, 0.1) is 5.41 Å². The highest BCUT2D eigenvalue weighted by atomic mass is 16.5. The van der Waals surface area contributed by atoms with Gasteiger partial charge in [0.15, 0.2) is 0 Å². The number of hydrogen-bond donors (Lipinski definition) is 0. The smallest absolute Gasteiger partial charge is 0.315 e. The van der Waals surface area contributed by atoms with Crippen LogP contribution in [0.1, 0.15) is 46.0 Å². The molecule has 2 heteroatoms. The largest absolute Gasteiger partial charge is 0.468 e. The van der Waals surface area contributed by atoms with Crippen molar-refractivity contribution in [3.8, 4) is 0 Å². The molecule has 0 N–H and O–H groups in total. The Kier molecular flexibility index (Phi) is 3.73. The molecule has 0 aromatic carbocycles. The summed E-state index contributed by atoms with van der Waals surface area (Å²) in [7, 11) is 1.45. The third kappa shape index (κ3) is 2.86. The third-order valence-electron chi connectivity index (χ3n) is 2.77. The van der Waals surface area contributed by atoms with Gasteiger partial charge >= 0.3 is 5.97 Å². The summed E-state index contributed by atoms with van der Waals surface area (Å²) in [5.74, 6) is -0.143. The van der Waals surface area contributed by atoms with E-state index in [0.717, 1.165) is 12.8 Å². The van der Waals surface area contributed by atoms with E-state index in [0.29, 0.717) is 0 Å². The summed E-state index contributed by atoms with van der Waals surface area (Å²) < 4.78 is 4.77. The predicted octanol–water partition coefficient (Wildman–Crippen LogP) is 3.08. The van der Waals surface area contributed by atoms with Crippen molar-refractivity contribution in [2.75, 3.05) is 7.11 Å². The van der Waals surface area contributed by atoms with Crippen LogP contribution in [0.2, 0.25) is 0 Å². The molecule has 0 aromatic rings. The third-order valence-corrected chi connectivity index (χ3v) is 2.77. The zero-order valence-corrected chi connectivity index (χ0v) is 9.43. The normalized spacial score (nSPS) is 17.8. The number of rotatable bonds is 2. The fraction of sp³-hybridized carbons (Fsp3) is 0.750. The first-order chi connectivity index (χ1) is 6.56. The molecule has 0 aromatic heterocycles. The summed E-state index contributed by atoms with van der Waals surface area (Å²) in [4.78, 5) is 11.4. The Balaban J connectivity index is 2.67. The molecule has 0 unspecified atom stereocenters. The minimum atomic E-state index is -0.457. The van der Waals surface area contributed by atoms with Gasteiger partial charge in [-0.3, -0.25) is 4.79 Å². The van der Waals surface area contributed by atoms with Crippen molar-refractivity contribution in [2.45, 2.75) is 46.0 Å². The van der Waals surface area contributed by atoms with E-state index in [1.54, 1.807) is 0 Å². The molecule has 1 aliphatic rings. The van der Waals surface area contributed by atoms with Crippen LogP contribution < -0.4 is 0 Å². The lowest BCUT2D eigenvalue weighted by molar-refractivity contribution is -0.148. The molecule has 1 aliphatic carbocycles. The summed E-state index contributed by atoms with van der Waals surface area (Å²) in [6.45, 7) is 3.83. The lowest BCUT2D eigenvalue weighted by atomic mass is 9.85. The van der Waals surface area contributed by atoms with Gasteiger partial charge in [0.1, 0.15) is 0 Å². The number of methoxy groups -OCH3 is 1. The van der Waals surface area contributed by atoms with Crippen molar-refractivity contribution < 1.29 is 9.53 Å². The number of carbonyl (C=O) groups excluding carboxylic acids is 1. The molecule has 0 radical (unpaired) electrons. The molecule has 0 atom stereocenters. The van der Waals surface area contributed by atoms with Crippen LogP contribution in [-0.4, -0.2) is 13.1 Å². The lowest BCUT2D eigenvalue weighted by Gasteiger charge is -2.21. The van der Waals surface area contributed by atoms with Crippen molar-refractivity contribution in [2.24, 2.45) is 5.41 Å². The van der Waals surface area contributed by atoms with Crippen molar-refractivity contribution in [1.82, 2.24) is 0 Å².